The molecular formula is C24H31FN5O7P. The summed E-state index contributed by atoms with van der Waals surface area (Å²) in [7, 11) is -4.25. The number of aliphatic hydroxyl groups is 1. The van der Waals surface area contributed by atoms with E-state index in [1.807, 2.05) is 0 Å². The zero-order valence-electron chi connectivity index (χ0n) is 21.6. The fourth-order valence-electron chi connectivity index (χ4n) is 4.05. The second-order valence-electron chi connectivity index (χ2n) is 9.39. The minimum atomic E-state index is -4.25. The van der Waals surface area contributed by atoms with Gasteiger partial charge >= 0.3 is 13.7 Å². The Hall–Kier alpha value is -2.96. The van der Waals surface area contributed by atoms with Crippen molar-refractivity contribution in [1.29, 1.82) is 0 Å². The first-order valence-corrected chi connectivity index (χ1v) is 13.6. The number of ether oxygens (including phenoxy) is 2. The SMILES string of the molecule is Cc1nc2nccnc2n1[C@@H]1O[C@H](CO[P@](=O)(N[C@H](C)C(=O)OC(C)C)Oc2ccccc2)[C@@H](O)[C@@]1(C)F. The highest BCUT2D eigenvalue weighted by Gasteiger charge is 2.56. The zero-order valence-corrected chi connectivity index (χ0v) is 22.5. The van der Waals surface area contributed by atoms with Gasteiger partial charge in [-0.3, -0.25) is 13.9 Å². The van der Waals surface area contributed by atoms with Crippen LogP contribution in [0.15, 0.2) is 42.7 Å². The normalized spacial score (nSPS) is 25.8. The number of aromatic nitrogens is 4. The Bertz CT molecular complexity index is 1320. The maximum absolute atomic E-state index is 15.9. The second-order valence-corrected chi connectivity index (χ2v) is 11.1. The minimum Gasteiger partial charge on any atom is -0.462 e. The number of carbonyl (C=O) groups excluding carboxylic acids is 1. The maximum atomic E-state index is 15.9. The van der Waals surface area contributed by atoms with Gasteiger partial charge in [0.05, 0.1) is 12.7 Å². The molecule has 6 atom stereocenters. The van der Waals surface area contributed by atoms with Crippen molar-refractivity contribution < 1.29 is 37.4 Å². The molecule has 0 spiro atoms. The molecule has 206 valence electrons. The topological polar surface area (TPSA) is 147 Å². The predicted octanol–water partition coefficient (Wildman–Crippen LogP) is 3.25. The van der Waals surface area contributed by atoms with Crippen LogP contribution in [0.4, 0.5) is 4.39 Å². The molecule has 1 aromatic carbocycles. The third-order valence-electron chi connectivity index (χ3n) is 5.89. The average Bonchev–Trinajstić information content (AvgIpc) is 3.29. The lowest BCUT2D eigenvalue weighted by atomic mass is 9.98. The Labute approximate surface area is 219 Å². The van der Waals surface area contributed by atoms with Crippen LogP contribution in [0.25, 0.3) is 11.3 Å². The number of nitrogens with one attached hydrogen (secondary N) is 1. The van der Waals surface area contributed by atoms with E-state index in [-0.39, 0.29) is 11.4 Å². The minimum absolute atomic E-state index is 0.202. The average molecular weight is 552 g/mol. The number of imidazole rings is 1. The van der Waals surface area contributed by atoms with E-state index in [2.05, 4.69) is 20.0 Å². The summed E-state index contributed by atoms with van der Waals surface area (Å²) in [6.45, 7) is 7.10. The zero-order chi connectivity index (χ0) is 27.7. The molecule has 1 aliphatic heterocycles. The number of halogens is 1. The van der Waals surface area contributed by atoms with Crippen LogP contribution >= 0.6 is 7.75 Å². The summed E-state index contributed by atoms with van der Waals surface area (Å²) >= 11 is 0. The summed E-state index contributed by atoms with van der Waals surface area (Å²) in [6.07, 6.45) is -1.74. The van der Waals surface area contributed by atoms with E-state index in [9.17, 15) is 14.5 Å². The van der Waals surface area contributed by atoms with Crippen LogP contribution in [0.3, 0.4) is 0 Å². The smallest absolute Gasteiger partial charge is 0.459 e. The van der Waals surface area contributed by atoms with Gasteiger partial charge in [-0.15, -0.1) is 0 Å². The summed E-state index contributed by atoms with van der Waals surface area (Å²) in [5.41, 5.74) is -1.72. The number of carbonyl (C=O) groups is 1. The Kier molecular flexibility index (Phi) is 8.15. The molecule has 3 heterocycles. The van der Waals surface area contributed by atoms with Crippen molar-refractivity contribution >= 4 is 25.0 Å². The number of esters is 1. The molecule has 4 rings (SSSR count). The number of nitrogens with zero attached hydrogens (tertiary/aromatic N) is 4. The molecule has 12 nitrogen and oxygen atoms in total. The van der Waals surface area contributed by atoms with E-state index in [0.29, 0.717) is 11.5 Å². The van der Waals surface area contributed by atoms with E-state index in [4.69, 9.17) is 18.5 Å². The molecule has 0 radical (unpaired) electrons. The van der Waals surface area contributed by atoms with Gasteiger partial charge in [0.1, 0.15) is 29.8 Å². The molecule has 0 saturated carbocycles. The largest absolute Gasteiger partial charge is 0.462 e. The van der Waals surface area contributed by atoms with E-state index in [1.165, 1.54) is 30.8 Å². The molecule has 2 N–H and O–H groups in total. The quantitative estimate of drug-likeness (QED) is 0.283. The van der Waals surface area contributed by atoms with Crippen molar-refractivity contribution in [3.8, 4) is 5.75 Å². The lowest BCUT2D eigenvalue weighted by Gasteiger charge is -2.25. The van der Waals surface area contributed by atoms with Gasteiger partial charge in [-0.25, -0.2) is 23.9 Å². The van der Waals surface area contributed by atoms with Crippen LogP contribution in [-0.2, 0) is 23.4 Å². The highest BCUT2D eigenvalue weighted by molar-refractivity contribution is 7.52. The number of para-hydroxylation sites is 1. The molecule has 0 unspecified atom stereocenters. The van der Waals surface area contributed by atoms with E-state index in [1.54, 1.807) is 51.1 Å². The van der Waals surface area contributed by atoms with Gasteiger partial charge in [-0.2, -0.15) is 5.09 Å². The Morgan fingerprint density at radius 3 is 2.63 bits per heavy atom. The van der Waals surface area contributed by atoms with Crippen molar-refractivity contribution in [3.63, 3.8) is 0 Å². The number of aliphatic hydroxyl groups excluding tert-OH is 1. The molecule has 3 aromatic rings. The molecule has 1 fully saturated rings. The maximum Gasteiger partial charge on any atom is 0.459 e. The summed E-state index contributed by atoms with van der Waals surface area (Å²) in [6, 6.07) is 7.11. The number of alkyl halides is 1. The molecule has 0 aliphatic carbocycles. The third-order valence-corrected chi connectivity index (χ3v) is 7.53. The Morgan fingerprint density at radius 1 is 1.26 bits per heavy atom. The van der Waals surface area contributed by atoms with Gasteiger partial charge in [-0.1, -0.05) is 18.2 Å². The van der Waals surface area contributed by atoms with Crippen molar-refractivity contribution in [2.24, 2.45) is 0 Å². The van der Waals surface area contributed by atoms with Gasteiger partial charge in [0.15, 0.2) is 23.2 Å². The summed E-state index contributed by atoms with van der Waals surface area (Å²) in [5.74, 6) is -0.0865. The summed E-state index contributed by atoms with van der Waals surface area (Å²) < 4.78 is 53.3. The van der Waals surface area contributed by atoms with Crippen molar-refractivity contribution in [1.82, 2.24) is 24.6 Å². The van der Waals surface area contributed by atoms with Crippen LogP contribution in [0.2, 0.25) is 0 Å². The van der Waals surface area contributed by atoms with Gasteiger partial charge < -0.3 is 19.1 Å². The van der Waals surface area contributed by atoms with E-state index in [0.717, 1.165) is 0 Å². The fourth-order valence-corrected chi connectivity index (χ4v) is 5.55. The number of hydrogen-bond acceptors (Lipinski definition) is 10. The first kappa shape index (κ1) is 28.1. The lowest BCUT2D eigenvalue weighted by Crippen LogP contribution is -2.41. The third kappa shape index (κ3) is 5.87. The predicted molar refractivity (Wildman–Crippen MR) is 134 cm³/mol. The van der Waals surface area contributed by atoms with E-state index < -0.39 is 56.6 Å². The molecule has 1 aliphatic rings. The highest BCUT2D eigenvalue weighted by atomic mass is 31.2. The standard InChI is InChI=1S/C24H31FN5O7P/c1-14(2)35-22(32)15(3)29-38(33,37-17-9-7-6-8-10-17)34-13-18-19(31)24(5,25)23(36-18)30-16(4)28-20-21(30)27-12-11-26-20/h6-12,14-15,18-19,23,31H,13H2,1-5H3,(H,29,33)/t15-,18-,19-,23-,24-,38-/m1/s1. The molecule has 38 heavy (non-hydrogen) atoms. The van der Waals surface area contributed by atoms with Crippen LogP contribution in [-0.4, -0.2) is 67.2 Å². The Morgan fingerprint density at radius 2 is 1.95 bits per heavy atom. The van der Waals surface area contributed by atoms with Crippen molar-refractivity contribution in [3.05, 3.63) is 48.5 Å². The number of rotatable bonds is 10. The molecule has 0 amide bonds. The summed E-state index contributed by atoms with van der Waals surface area (Å²) in [4.78, 5) is 25.0. The lowest BCUT2D eigenvalue weighted by molar-refractivity contribution is -0.149. The van der Waals surface area contributed by atoms with Gasteiger partial charge in [0.25, 0.3) is 0 Å². The highest BCUT2D eigenvalue weighted by Crippen LogP contribution is 2.48. The molecule has 2 aromatic heterocycles. The number of fused-ring (bicyclic) bond motifs is 1. The van der Waals surface area contributed by atoms with Crippen LogP contribution in [0.1, 0.15) is 39.7 Å². The second kappa shape index (κ2) is 11.0. The summed E-state index contributed by atoms with van der Waals surface area (Å²) in [5, 5.41) is 13.4. The van der Waals surface area contributed by atoms with Crippen LogP contribution in [0.5, 0.6) is 5.75 Å². The van der Waals surface area contributed by atoms with Crippen LogP contribution < -0.4 is 9.61 Å². The van der Waals surface area contributed by atoms with Crippen LogP contribution in [0, 0.1) is 6.92 Å². The number of benzene rings is 1. The Balaban J connectivity index is 1.55. The van der Waals surface area contributed by atoms with Crippen molar-refractivity contribution in [2.75, 3.05) is 6.61 Å². The molecular weight excluding hydrogens is 520 g/mol. The van der Waals surface area contributed by atoms with Gasteiger partial charge in [0.2, 0.25) is 0 Å². The van der Waals surface area contributed by atoms with Crippen molar-refractivity contribution in [2.45, 2.75) is 70.9 Å². The van der Waals surface area contributed by atoms with E-state index >= 15 is 4.39 Å². The van der Waals surface area contributed by atoms with Gasteiger partial charge in [0, 0.05) is 12.4 Å². The van der Waals surface area contributed by atoms with Gasteiger partial charge in [-0.05, 0) is 46.8 Å². The fraction of sp³-hybridized carbons (Fsp3) is 0.500. The molecule has 14 heteroatoms. The number of aryl methyl sites for hydroxylation is 1. The first-order valence-electron chi connectivity index (χ1n) is 12.1. The molecule has 0 bridgehead atoms. The number of hydrogen-bond donors (Lipinski definition) is 2. The molecule has 1 saturated heterocycles. The first-order chi connectivity index (χ1) is 17.9. The monoisotopic (exact) mass is 551 g/mol.